The fraction of sp³-hybridized carbons (Fsp3) is 0.318. The molecular weight excluding hydrogens is 424 g/mol. The molecule has 1 aromatic heterocycles. The number of rotatable bonds is 6. The van der Waals surface area contributed by atoms with Crippen molar-refractivity contribution in [2.75, 3.05) is 18.8 Å². The second-order valence-corrected chi connectivity index (χ2v) is 8.10. The molecule has 0 aliphatic carbocycles. The SMILES string of the molecule is O=C(CSc1nc2ccccc2c(=O)n1-c1ccc(OC(F)F)cc1)N1CCCCC1. The molecule has 0 N–H and O–H groups in total. The molecule has 4 rings (SSSR count). The summed E-state index contributed by atoms with van der Waals surface area (Å²) in [6.45, 7) is -1.42. The largest absolute Gasteiger partial charge is 0.435 e. The number of alkyl halides is 2. The Morgan fingerprint density at radius 3 is 2.48 bits per heavy atom. The van der Waals surface area contributed by atoms with Crippen LogP contribution in [-0.4, -0.2) is 45.8 Å². The van der Waals surface area contributed by atoms with Crippen LogP contribution in [-0.2, 0) is 4.79 Å². The molecule has 9 heteroatoms. The Balaban J connectivity index is 1.68. The number of carbonyl (C=O) groups excluding carboxylic acids is 1. The summed E-state index contributed by atoms with van der Waals surface area (Å²) in [5, 5.41) is 0.804. The van der Waals surface area contributed by atoms with Crippen LogP contribution in [0.25, 0.3) is 16.6 Å². The van der Waals surface area contributed by atoms with Gasteiger partial charge in [0.05, 0.1) is 22.3 Å². The highest BCUT2D eigenvalue weighted by molar-refractivity contribution is 7.99. The maximum absolute atomic E-state index is 13.2. The van der Waals surface area contributed by atoms with Gasteiger partial charge in [-0.25, -0.2) is 4.98 Å². The molecular formula is C22H21F2N3O3S. The van der Waals surface area contributed by atoms with Gasteiger partial charge in [-0.05, 0) is 55.7 Å². The van der Waals surface area contributed by atoms with E-state index in [4.69, 9.17) is 0 Å². The molecule has 2 aromatic carbocycles. The number of halogens is 2. The molecule has 0 unspecified atom stereocenters. The van der Waals surface area contributed by atoms with E-state index >= 15 is 0 Å². The molecule has 1 aliphatic heterocycles. The zero-order valence-electron chi connectivity index (χ0n) is 16.7. The quantitative estimate of drug-likeness (QED) is 0.422. The molecule has 2 heterocycles. The number of hydrogen-bond donors (Lipinski definition) is 0. The topological polar surface area (TPSA) is 64.4 Å². The summed E-state index contributed by atoms with van der Waals surface area (Å²) >= 11 is 1.20. The van der Waals surface area contributed by atoms with Crippen molar-refractivity contribution in [3.8, 4) is 11.4 Å². The molecule has 0 radical (unpaired) electrons. The Kier molecular flexibility index (Phi) is 6.50. The van der Waals surface area contributed by atoms with E-state index in [0.717, 1.165) is 32.4 Å². The number of aromatic nitrogens is 2. The van der Waals surface area contributed by atoms with Crippen LogP contribution >= 0.6 is 11.8 Å². The second kappa shape index (κ2) is 9.47. The van der Waals surface area contributed by atoms with E-state index in [1.165, 1.54) is 40.6 Å². The van der Waals surface area contributed by atoms with Crippen LogP contribution in [0.4, 0.5) is 8.78 Å². The number of ether oxygens (including phenoxy) is 1. The lowest BCUT2D eigenvalue weighted by Gasteiger charge is -2.26. The first-order valence-corrected chi connectivity index (χ1v) is 11.0. The molecule has 3 aromatic rings. The number of hydrogen-bond acceptors (Lipinski definition) is 5. The van der Waals surface area contributed by atoms with Crippen LogP contribution in [0.5, 0.6) is 5.75 Å². The van der Waals surface area contributed by atoms with E-state index in [2.05, 4.69) is 9.72 Å². The summed E-state index contributed by atoms with van der Waals surface area (Å²) < 4.78 is 30.7. The van der Waals surface area contributed by atoms with Crippen LogP contribution in [0.3, 0.4) is 0 Å². The molecule has 31 heavy (non-hydrogen) atoms. The molecule has 1 amide bonds. The van der Waals surface area contributed by atoms with Crippen LogP contribution < -0.4 is 10.3 Å². The zero-order chi connectivity index (χ0) is 21.8. The Hall–Kier alpha value is -2.94. The van der Waals surface area contributed by atoms with Gasteiger partial charge >= 0.3 is 6.61 Å². The standard InChI is InChI=1S/C22H21F2N3O3S/c23-21(24)30-16-10-8-15(9-11-16)27-20(29)17-6-2-3-7-18(17)25-22(27)31-14-19(28)26-12-4-1-5-13-26/h2-3,6-11,21H,1,4-5,12-14H2. The first-order valence-electron chi connectivity index (χ1n) is 10.0. The Bertz CT molecular complexity index is 1130. The van der Waals surface area contributed by atoms with Crippen molar-refractivity contribution in [3.05, 3.63) is 58.9 Å². The average Bonchev–Trinajstić information content (AvgIpc) is 2.78. The number of para-hydroxylation sites is 1. The molecule has 1 aliphatic rings. The first-order chi connectivity index (χ1) is 15.0. The van der Waals surface area contributed by atoms with Crippen molar-refractivity contribution >= 4 is 28.6 Å². The summed E-state index contributed by atoms with van der Waals surface area (Å²) in [7, 11) is 0. The smallest absolute Gasteiger partial charge is 0.387 e. The van der Waals surface area contributed by atoms with Crippen LogP contribution in [0.2, 0.25) is 0 Å². The monoisotopic (exact) mass is 445 g/mol. The first kappa shape index (κ1) is 21.3. The number of fused-ring (bicyclic) bond motifs is 1. The lowest BCUT2D eigenvalue weighted by molar-refractivity contribution is -0.129. The molecule has 0 bridgehead atoms. The normalized spacial score (nSPS) is 14.2. The maximum atomic E-state index is 13.2. The third-order valence-electron chi connectivity index (χ3n) is 5.10. The number of amides is 1. The number of likely N-dealkylation sites (tertiary alicyclic amines) is 1. The molecule has 6 nitrogen and oxygen atoms in total. The molecule has 0 spiro atoms. The van der Waals surface area contributed by atoms with Crippen LogP contribution in [0.1, 0.15) is 19.3 Å². The van der Waals surface area contributed by atoms with Gasteiger partial charge in [-0.1, -0.05) is 23.9 Å². The van der Waals surface area contributed by atoms with Crippen LogP contribution in [0.15, 0.2) is 58.5 Å². The Labute approximate surface area is 181 Å². The molecule has 0 saturated carbocycles. The molecule has 1 fully saturated rings. The number of thioether (sulfide) groups is 1. The van der Waals surface area contributed by atoms with Crippen molar-refractivity contribution < 1.29 is 18.3 Å². The van der Waals surface area contributed by atoms with E-state index in [1.54, 1.807) is 24.3 Å². The van der Waals surface area contributed by atoms with E-state index in [1.807, 2.05) is 4.90 Å². The van der Waals surface area contributed by atoms with Gasteiger partial charge in [0, 0.05) is 13.1 Å². The van der Waals surface area contributed by atoms with Crippen molar-refractivity contribution in [2.45, 2.75) is 31.0 Å². The third kappa shape index (κ3) is 4.87. The fourth-order valence-electron chi connectivity index (χ4n) is 3.57. The predicted molar refractivity (Wildman–Crippen MR) is 115 cm³/mol. The zero-order valence-corrected chi connectivity index (χ0v) is 17.5. The lowest BCUT2D eigenvalue weighted by atomic mass is 10.1. The van der Waals surface area contributed by atoms with Gasteiger partial charge in [0.1, 0.15) is 5.75 Å². The summed E-state index contributed by atoms with van der Waals surface area (Å²) in [5.41, 5.74) is 0.702. The van der Waals surface area contributed by atoms with Crippen molar-refractivity contribution in [3.63, 3.8) is 0 Å². The van der Waals surface area contributed by atoms with Gasteiger partial charge in [-0.2, -0.15) is 8.78 Å². The van der Waals surface area contributed by atoms with Gasteiger partial charge in [0.15, 0.2) is 5.16 Å². The van der Waals surface area contributed by atoms with Crippen molar-refractivity contribution in [1.29, 1.82) is 0 Å². The van der Waals surface area contributed by atoms with Gasteiger partial charge in [0.2, 0.25) is 5.91 Å². The van der Waals surface area contributed by atoms with Crippen molar-refractivity contribution in [2.24, 2.45) is 0 Å². The summed E-state index contributed by atoms with van der Waals surface area (Å²) in [4.78, 5) is 32.3. The highest BCUT2D eigenvalue weighted by Crippen LogP contribution is 2.24. The molecule has 162 valence electrons. The van der Waals surface area contributed by atoms with Gasteiger partial charge in [0.25, 0.3) is 5.56 Å². The molecule has 0 atom stereocenters. The highest BCUT2D eigenvalue weighted by atomic mass is 32.2. The minimum atomic E-state index is -2.93. The van der Waals surface area contributed by atoms with E-state index in [-0.39, 0.29) is 23.0 Å². The van der Waals surface area contributed by atoms with E-state index in [0.29, 0.717) is 21.7 Å². The van der Waals surface area contributed by atoms with Gasteiger partial charge in [-0.15, -0.1) is 0 Å². The van der Waals surface area contributed by atoms with E-state index in [9.17, 15) is 18.4 Å². The van der Waals surface area contributed by atoms with E-state index < -0.39 is 6.61 Å². The van der Waals surface area contributed by atoms with Gasteiger partial charge < -0.3 is 9.64 Å². The van der Waals surface area contributed by atoms with Gasteiger partial charge in [-0.3, -0.25) is 14.2 Å². The number of benzene rings is 2. The Morgan fingerprint density at radius 2 is 1.77 bits per heavy atom. The van der Waals surface area contributed by atoms with Crippen molar-refractivity contribution in [1.82, 2.24) is 14.5 Å². The van der Waals surface area contributed by atoms with Crippen LogP contribution in [0, 0.1) is 0 Å². The molecule has 1 saturated heterocycles. The lowest BCUT2D eigenvalue weighted by Crippen LogP contribution is -2.36. The number of piperidine rings is 1. The summed E-state index contributed by atoms with van der Waals surface area (Å²) in [6, 6.07) is 12.8. The fourth-order valence-corrected chi connectivity index (χ4v) is 4.49. The summed E-state index contributed by atoms with van der Waals surface area (Å²) in [6.07, 6.45) is 3.14. The highest BCUT2D eigenvalue weighted by Gasteiger charge is 2.19. The second-order valence-electron chi connectivity index (χ2n) is 7.15. The Morgan fingerprint density at radius 1 is 1.06 bits per heavy atom. The predicted octanol–water partition coefficient (Wildman–Crippen LogP) is 4.09. The number of nitrogens with zero attached hydrogens (tertiary/aromatic N) is 3. The average molecular weight is 445 g/mol. The third-order valence-corrected chi connectivity index (χ3v) is 6.02. The maximum Gasteiger partial charge on any atom is 0.387 e. The minimum Gasteiger partial charge on any atom is -0.435 e. The number of carbonyl (C=O) groups is 1. The summed E-state index contributed by atoms with van der Waals surface area (Å²) in [5.74, 6) is 0.173. The minimum absolute atomic E-state index is 0.00460.